The molecule has 0 saturated heterocycles. The maximum Gasteiger partial charge on any atom is 0.0108 e. The fourth-order valence-corrected chi connectivity index (χ4v) is 3.18. The van der Waals surface area contributed by atoms with Crippen LogP contribution < -0.4 is 5.73 Å². The van der Waals surface area contributed by atoms with Crippen LogP contribution in [0.5, 0.6) is 0 Å². The van der Waals surface area contributed by atoms with E-state index in [0.29, 0.717) is 17.4 Å². The van der Waals surface area contributed by atoms with Gasteiger partial charge in [-0.15, -0.1) is 0 Å². The first-order valence-corrected chi connectivity index (χ1v) is 7.20. The van der Waals surface area contributed by atoms with Crippen molar-refractivity contribution in [3.8, 4) is 0 Å². The maximum atomic E-state index is 6.35. The lowest BCUT2D eigenvalue weighted by Crippen LogP contribution is -2.38. The van der Waals surface area contributed by atoms with Crippen molar-refractivity contribution in [2.24, 2.45) is 17.1 Å². The molecule has 100 valence electrons. The number of nitrogens with two attached hydrogens (primary N) is 1. The Bertz CT molecular complexity index is 385. The van der Waals surface area contributed by atoms with Gasteiger partial charge in [0.05, 0.1) is 0 Å². The Hall–Kier alpha value is -0.820. The predicted molar refractivity (Wildman–Crippen MR) is 78.7 cm³/mol. The minimum Gasteiger partial charge on any atom is -0.327 e. The number of hydrogen-bond donors (Lipinski definition) is 1. The molecule has 1 saturated carbocycles. The van der Waals surface area contributed by atoms with Crippen molar-refractivity contribution in [2.75, 3.05) is 0 Å². The van der Waals surface area contributed by atoms with Gasteiger partial charge in [-0.2, -0.15) is 0 Å². The van der Waals surface area contributed by atoms with Crippen LogP contribution in [0.3, 0.4) is 0 Å². The summed E-state index contributed by atoms with van der Waals surface area (Å²) in [6.07, 6.45) is 3.70. The van der Waals surface area contributed by atoms with E-state index in [1.165, 1.54) is 30.4 Å². The Morgan fingerprint density at radius 3 is 2.22 bits per heavy atom. The van der Waals surface area contributed by atoms with Crippen LogP contribution in [0, 0.1) is 18.3 Å². The van der Waals surface area contributed by atoms with Gasteiger partial charge in [0.2, 0.25) is 0 Å². The summed E-state index contributed by atoms with van der Waals surface area (Å²) in [6.45, 7) is 9.23. The lowest BCUT2D eigenvalue weighted by Gasteiger charge is -2.41. The van der Waals surface area contributed by atoms with Crippen LogP contribution >= 0.6 is 0 Å². The molecule has 1 nitrogen and oxygen atoms in total. The van der Waals surface area contributed by atoms with Crippen LogP contribution in [-0.4, -0.2) is 6.04 Å². The molecule has 0 bridgehead atoms. The van der Waals surface area contributed by atoms with Crippen molar-refractivity contribution in [2.45, 2.75) is 58.9 Å². The van der Waals surface area contributed by atoms with E-state index in [9.17, 15) is 0 Å². The lowest BCUT2D eigenvalue weighted by molar-refractivity contribution is 0.154. The predicted octanol–water partition coefficient (Wildman–Crippen LogP) is 4.25. The highest BCUT2D eigenvalue weighted by Crippen LogP contribution is 2.43. The molecule has 0 aromatic heterocycles. The van der Waals surface area contributed by atoms with Crippen LogP contribution in [-0.2, 0) is 0 Å². The summed E-state index contributed by atoms with van der Waals surface area (Å²) in [4.78, 5) is 0. The first-order chi connectivity index (χ1) is 8.38. The Labute approximate surface area is 112 Å². The van der Waals surface area contributed by atoms with Crippen molar-refractivity contribution in [1.29, 1.82) is 0 Å². The maximum absolute atomic E-state index is 6.35. The van der Waals surface area contributed by atoms with E-state index in [0.717, 1.165) is 5.92 Å². The molecule has 1 aromatic carbocycles. The van der Waals surface area contributed by atoms with Crippen molar-refractivity contribution in [3.63, 3.8) is 0 Å². The molecule has 18 heavy (non-hydrogen) atoms. The molecular weight excluding hydrogens is 218 g/mol. The van der Waals surface area contributed by atoms with Gasteiger partial charge in [-0.25, -0.2) is 0 Å². The second-order valence-corrected chi connectivity index (χ2v) is 7.06. The molecule has 1 aliphatic rings. The number of rotatable bonds is 1. The lowest BCUT2D eigenvalue weighted by atomic mass is 9.66. The highest BCUT2D eigenvalue weighted by Gasteiger charge is 2.34. The monoisotopic (exact) mass is 245 g/mol. The molecule has 1 heteroatoms. The highest BCUT2D eigenvalue weighted by molar-refractivity contribution is 5.26. The summed E-state index contributed by atoms with van der Waals surface area (Å²) < 4.78 is 0. The van der Waals surface area contributed by atoms with Crippen LogP contribution in [0.15, 0.2) is 24.3 Å². The summed E-state index contributed by atoms with van der Waals surface area (Å²) in [5.74, 6) is 1.34. The molecule has 2 rings (SSSR count). The van der Waals surface area contributed by atoms with Crippen molar-refractivity contribution >= 4 is 0 Å². The van der Waals surface area contributed by atoms with Gasteiger partial charge in [0.1, 0.15) is 0 Å². The quantitative estimate of drug-likeness (QED) is 0.786. The van der Waals surface area contributed by atoms with Gasteiger partial charge in [0.15, 0.2) is 0 Å². The molecule has 0 heterocycles. The SMILES string of the molecule is Cc1ccc(C2CC(C(C)(C)C)CCC2N)cc1. The second-order valence-electron chi connectivity index (χ2n) is 7.06. The minimum atomic E-state index is 0.339. The third kappa shape index (κ3) is 2.95. The molecule has 0 aliphatic heterocycles. The molecule has 1 aliphatic carbocycles. The van der Waals surface area contributed by atoms with E-state index in [-0.39, 0.29) is 0 Å². The molecule has 0 amide bonds. The van der Waals surface area contributed by atoms with E-state index in [1.54, 1.807) is 0 Å². The number of hydrogen-bond acceptors (Lipinski definition) is 1. The minimum absolute atomic E-state index is 0.339. The van der Waals surface area contributed by atoms with E-state index in [4.69, 9.17) is 5.73 Å². The van der Waals surface area contributed by atoms with Gasteiger partial charge in [-0.3, -0.25) is 0 Å². The number of benzene rings is 1. The fourth-order valence-electron chi connectivity index (χ4n) is 3.18. The van der Waals surface area contributed by atoms with E-state index in [1.807, 2.05) is 0 Å². The summed E-state index contributed by atoms with van der Waals surface area (Å²) >= 11 is 0. The van der Waals surface area contributed by atoms with Crippen molar-refractivity contribution < 1.29 is 0 Å². The molecule has 1 fully saturated rings. The average Bonchev–Trinajstić information content (AvgIpc) is 2.29. The Morgan fingerprint density at radius 2 is 1.67 bits per heavy atom. The topological polar surface area (TPSA) is 26.0 Å². The van der Waals surface area contributed by atoms with E-state index < -0.39 is 0 Å². The summed E-state index contributed by atoms with van der Waals surface area (Å²) in [6, 6.07) is 9.30. The van der Waals surface area contributed by atoms with Crippen molar-refractivity contribution in [1.82, 2.24) is 0 Å². The molecule has 1 aromatic rings. The normalized spacial score (nSPS) is 29.3. The molecule has 0 radical (unpaired) electrons. The second kappa shape index (κ2) is 5.05. The summed E-state index contributed by atoms with van der Waals surface area (Å²) in [5.41, 5.74) is 9.52. The van der Waals surface area contributed by atoms with Crippen LogP contribution in [0.4, 0.5) is 0 Å². The van der Waals surface area contributed by atoms with Gasteiger partial charge in [-0.1, -0.05) is 50.6 Å². The van der Waals surface area contributed by atoms with Crippen molar-refractivity contribution in [3.05, 3.63) is 35.4 Å². The van der Waals surface area contributed by atoms with E-state index >= 15 is 0 Å². The van der Waals surface area contributed by atoms with Gasteiger partial charge >= 0.3 is 0 Å². The van der Waals surface area contributed by atoms with Gasteiger partial charge in [-0.05, 0) is 49.0 Å². The van der Waals surface area contributed by atoms with Crippen LogP contribution in [0.1, 0.15) is 57.1 Å². The van der Waals surface area contributed by atoms with E-state index in [2.05, 4.69) is 52.0 Å². The Balaban J connectivity index is 2.17. The zero-order valence-corrected chi connectivity index (χ0v) is 12.2. The van der Waals surface area contributed by atoms with Crippen LogP contribution in [0.2, 0.25) is 0 Å². The smallest absolute Gasteiger partial charge is 0.0108 e. The Morgan fingerprint density at radius 1 is 1.06 bits per heavy atom. The summed E-state index contributed by atoms with van der Waals surface area (Å²) in [5, 5.41) is 0. The molecule has 0 spiro atoms. The molecule has 2 N–H and O–H groups in total. The third-order valence-electron chi connectivity index (χ3n) is 4.63. The largest absolute Gasteiger partial charge is 0.327 e. The van der Waals surface area contributed by atoms with Gasteiger partial charge in [0, 0.05) is 6.04 Å². The van der Waals surface area contributed by atoms with Crippen LogP contribution in [0.25, 0.3) is 0 Å². The molecule has 3 unspecified atom stereocenters. The van der Waals surface area contributed by atoms with Gasteiger partial charge in [0.25, 0.3) is 0 Å². The molecule has 3 atom stereocenters. The fraction of sp³-hybridized carbons (Fsp3) is 0.647. The third-order valence-corrected chi connectivity index (χ3v) is 4.63. The first-order valence-electron chi connectivity index (χ1n) is 7.20. The standard InChI is InChI=1S/C17H27N/c1-12-5-7-13(8-6-12)15-11-14(17(2,3)4)9-10-16(15)18/h5-8,14-16H,9-11,18H2,1-4H3. The highest BCUT2D eigenvalue weighted by atomic mass is 14.7. The zero-order chi connectivity index (χ0) is 13.3. The molecular formula is C17H27N. The first kappa shape index (κ1) is 13.6. The number of aryl methyl sites for hydroxylation is 1. The zero-order valence-electron chi connectivity index (χ0n) is 12.2. The Kier molecular flexibility index (Phi) is 3.82. The average molecular weight is 245 g/mol. The summed E-state index contributed by atoms with van der Waals surface area (Å²) in [7, 11) is 0. The van der Waals surface area contributed by atoms with Gasteiger partial charge < -0.3 is 5.73 Å².